The molecule has 0 unspecified atom stereocenters. The van der Waals surface area contributed by atoms with Crippen molar-refractivity contribution in [2.75, 3.05) is 0 Å². The van der Waals surface area contributed by atoms with Crippen molar-refractivity contribution >= 4 is 23.2 Å². The van der Waals surface area contributed by atoms with Crippen LogP contribution in [0.15, 0.2) is 42.5 Å². The monoisotopic (exact) mass is 270 g/mol. The second-order valence-corrected chi connectivity index (χ2v) is 4.11. The van der Waals surface area contributed by atoms with Gasteiger partial charge in [-0.1, -0.05) is 23.7 Å². The maximum absolute atomic E-state index is 13.4. The molecule has 0 saturated heterocycles. The molecule has 0 N–H and O–H groups in total. The zero-order valence-corrected chi connectivity index (χ0v) is 10.3. The third kappa shape index (κ3) is 2.90. The van der Waals surface area contributed by atoms with Gasteiger partial charge in [-0.05, 0) is 30.3 Å². The van der Waals surface area contributed by atoms with Crippen LogP contribution < -0.4 is 4.74 Å². The molecule has 0 atom stereocenters. The molecule has 1 nitrogen and oxygen atoms in total. The number of halogens is 3. The molecule has 0 aliphatic carbocycles. The molecular weight excluding hydrogens is 262 g/mol. The van der Waals surface area contributed by atoms with Crippen LogP contribution in [-0.2, 0) is 5.88 Å². The standard InChI is InChI=1S/C13H9Cl2FO/c14-8-11-12(16)5-2-6-13(11)17-10-4-1-3-9(15)7-10/h1-7H,8H2. The van der Waals surface area contributed by atoms with Crippen molar-refractivity contribution in [2.24, 2.45) is 0 Å². The van der Waals surface area contributed by atoms with Gasteiger partial charge in [0.2, 0.25) is 0 Å². The summed E-state index contributed by atoms with van der Waals surface area (Å²) in [5, 5.41) is 0.561. The third-order valence-corrected chi connectivity index (χ3v) is 2.74. The molecular formula is C13H9Cl2FO. The third-order valence-electron chi connectivity index (χ3n) is 2.23. The van der Waals surface area contributed by atoms with E-state index >= 15 is 0 Å². The van der Waals surface area contributed by atoms with E-state index in [0.717, 1.165) is 0 Å². The number of alkyl halides is 1. The van der Waals surface area contributed by atoms with E-state index in [0.29, 0.717) is 22.1 Å². The quantitative estimate of drug-likeness (QED) is 0.713. The molecule has 0 amide bonds. The number of rotatable bonds is 3. The predicted octanol–water partition coefficient (Wildman–Crippen LogP) is 5.01. The van der Waals surface area contributed by atoms with Crippen LogP contribution in [0.1, 0.15) is 5.56 Å². The zero-order valence-electron chi connectivity index (χ0n) is 8.79. The first-order valence-corrected chi connectivity index (χ1v) is 5.88. The maximum Gasteiger partial charge on any atom is 0.134 e. The van der Waals surface area contributed by atoms with Gasteiger partial charge in [0.1, 0.15) is 17.3 Å². The lowest BCUT2D eigenvalue weighted by atomic mass is 10.2. The van der Waals surface area contributed by atoms with Crippen molar-refractivity contribution in [1.29, 1.82) is 0 Å². The lowest BCUT2D eigenvalue weighted by molar-refractivity contribution is 0.470. The van der Waals surface area contributed by atoms with Crippen molar-refractivity contribution < 1.29 is 9.13 Å². The number of hydrogen-bond donors (Lipinski definition) is 0. The molecule has 2 aromatic carbocycles. The number of hydrogen-bond acceptors (Lipinski definition) is 1. The predicted molar refractivity (Wildman–Crippen MR) is 67.5 cm³/mol. The molecule has 0 aliphatic rings. The van der Waals surface area contributed by atoms with Gasteiger partial charge >= 0.3 is 0 Å². The Bertz CT molecular complexity index is 529. The normalized spacial score (nSPS) is 10.3. The Kier molecular flexibility index (Phi) is 3.87. The van der Waals surface area contributed by atoms with E-state index in [1.165, 1.54) is 6.07 Å². The fourth-order valence-electron chi connectivity index (χ4n) is 1.42. The second kappa shape index (κ2) is 5.39. The van der Waals surface area contributed by atoms with Crippen LogP contribution in [0.4, 0.5) is 4.39 Å². The summed E-state index contributed by atoms with van der Waals surface area (Å²) in [6.45, 7) is 0. The maximum atomic E-state index is 13.4. The van der Waals surface area contributed by atoms with Gasteiger partial charge in [-0.25, -0.2) is 4.39 Å². The molecule has 2 aromatic rings. The van der Waals surface area contributed by atoms with Gasteiger partial charge in [0.05, 0.1) is 5.88 Å². The van der Waals surface area contributed by atoms with Gasteiger partial charge in [-0.3, -0.25) is 0 Å². The van der Waals surface area contributed by atoms with Gasteiger partial charge in [0.25, 0.3) is 0 Å². The number of benzene rings is 2. The highest BCUT2D eigenvalue weighted by Gasteiger charge is 2.09. The van der Waals surface area contributed by atoms with E-state index in [9.17, 15) is 4.39 Å². The van der Waals surface area contributed by atoms with Crippen molar-refractivity contribution in [3.8, 4) is 11.5 Å². The Morgan fingerprint density at radius 3 is 2.59 bits per heavy atom. The summed E-state index contributed by atoms with van der Waals surface area (Å²) in [4.78, 5) is 0. The first-order valence-electron chi connectivity index (χ1n) is 4.97. The summed E-state index contributed by atoms with van der Waals surface area (Å²) in [7, 11) is 0. The molecule has 0 saturated carbocycles. The average molecular weight is 271 g/mol. The SMILES string of the molecule is Fc1cccc(Oc2cccc(Cl)c2)c1CCl. The van der Waals surface area contributed by atoms with Crippen molar-refractivity contribution in [3.63, 3.8) is 0 Å². The highest BCUT2D eigenvalue weighted by Crippen LogP contribution is 2.29. The second-order valence-electron chi connectivity index (χ2n) is 3.41. The van der Waals surface area contributed by atoms with Crippen LogP contribution in [0.5, 0.6) is 11.5 Å². The summed E-state index contributed by atoms with van der Waals surface area (Å²) in [6, 6.07) is 11.5. The van der Waals surface area contributed by atoms with E-state index < -0.39 is 0 Å². The summed E-state index contributed by atoms with van der Waals surface area (Å²) >= 11 is 11.5. The molecule has 2 rings (SSSR count). The summed E-state index contributed by atoms with van der Waals surface area (Å²) in [5.41, 5.74) is 0.342. The van der Waals surface area contributed by atoms with E-state index in [1.807, 2.05) is 0 Å². The lowest BCUT2D eigenvalue weighted by Crippen LogP contribution is -1.93. The summed E-state index contributed by atoms with van der Waals surface area (Å²) in [6.07, 6.45) is 0. The topological polar surface area (TPSA) is 9.23 Å². The molecule has 0 aromatic heterocycles. The van der Waals surface area contributed by atoms with Crippen molar-refractivity contribution in [3.05, 3.63) is 58.9 Å². The van der Waals surface area contributed by atoms with Gasteiger partial charge in [-0.2, -0.15) is 0 Å². The van der Waals surface area contributed by atoms with Gasteiger partial charge in [0.15, 0.2) is 0 Å². The minimum absolute atomic E-state index is 0.0581. The molecule has 88 valence electrons. The van der Waals surface area contributed by atoms with Crippen molar-refractivity contribution in [1.82, 2.24) is 0 Å². The minimum Gasteiger partial charge on any atom is -0.457 e. The Morgan fingerprint density at radius 1 is 1.12 bits per heavy atom. The van der Waals surface area contributed by atoms with Crippen molar-refractivity contribution in [2.45, 2.75) is 5.88 Å². The van der Waals surface area contributed by atoms with Crippen LogP contribution in [0.3, 0.4) is 0 Å². The molecule has 0 spiro atoms. The molecule has 0 aliphatic heterocycles. The van der Waals surface area contributed by atoms with E-state index in [-0.39, 0.29) is 11.7 Å². The molecule has 4 heteroatoms. The molecule has 0 radical (unpaired) electrons. The highest BCUT2D eigenvalue weighted by atomic mass is 35.5. The smallest absolute Gasteiger partial charge is 0.134 e. The van der Waals surface area contributed by atoms with Crippen LogP contribution >= 0.6 is 23.2 Å². The van der Waals surface area contributed by atoms with Crippen LogP contribution in [0, 0.1) is 5.82 Å². The minimum atomic E-state index is -0.375. The molecule has 0 fully saturated rings. The summed E-state index contributed by atoms with van der Waals surface area (Å²) in [5.74, 6) is 0.638. The van der Waals surface area contributed by atoms with Gasteiger partial charge in [-0.15, -0.1) is 11.6 Å². The fourth-order valence-corrected chi connectivity index (χ4v) is 1.86. The largest absolute Gasteiger partial charge is 0.457 e. The Labute approximate surface area is 109 Å². The van der Waals surface area contributed by atoms with E-state index in [2.05, 4.69) is 0 Å². The fraction of sp³-hybridized carbons (Fsp3) is 0.0769. The first kappa shape index (κ1) is 12.2. The zero-order chi connectivity index (χ0) is 12.3. The first-order chi connectivity index (χ1) is 8.20. The van der Waals surface area contributed by atoms with Gasteiger partial charge in [0, 0.05) is 10.6 Å². The Hall–Kier alpha value is -1.25. The lowest BCUT2D eigenvalue weighted by Gasteiger charge is -2.10. The molecule has 0 bridgehead atoms. The Morgan fingerprint density at radius 2 is 1.88 bits per heavy atom. The van der Waals surface area contributed by atoms with E-state index in [4.69, 9.17) is 27.9 Å². The van der Waals surface area contributed by atoms with Crippen LogP contribution in [0.2, 0.25) is 5.02 Å². The molecule has 0 heterocycles. The Balaban J connectivity index is 2.33. The van der Waals surface area contributed by atoms with Gasteiger partial charge < -0.3 is 4.74 Å². The number of ether oxygens (including phenoxy) is 1. The average Bonchev–Trinajstić information content (AvgIpc) is 2.29. The highest BCUT2D eigenvalue weighted by molar-refractivity contribution is 6.30. The van der Waals surface area contributed by atoms with E-state index in [1.54, 1.807) is 36.4 Å². The summed E-state index contributed by atoms with van der Waals surface area (Å²) < 4.78 is 19.0. The molecule has 17 heavy (non-hydrogen) atoms. The van der Waals surface area contributed by atoms with Crippen LogP contribution in [-0.4, -0.2) is 0 Å². The van der Waals surface area contributed by atoms with Crippen LogP contribution in [0.25, 0.3) is 0 Å².